The Morgan fingerprint density at radius 3 is 2.19 bits per heavy atom. The molecular weight excluding hydrogens is 617 g/mol. The molecule has 1 aliphatic carbocycles. The van der Waals surface area contributed by atoms with Gasteiger partial charge < -0.3 is 29.4 Å². The fourth-order valence-electron chi connectivity index (χ4n) is 6.55. The molecule has 3 aromatic carbocycles. The normalized spacial score (nSPS) is 15.2. The molecule has 1 fully saturated rings. The molecule has 9 heteroatoms. The summed E-state index contributed by atoms with van der Waals surface area (Å²) >= 11 is 0. The SMILES string of the molecule is CC(C)(C)c1ccc(CCC(COC2CCCCC2)OC(=O)CCC(=O)[O-])cc1NC(=O)CC1c2ccccc2Oc2ccccc21.[Na+]. The first-order valence-electron chi connectivity index (χ1n) is 16.9. The minimum Gasteiger partial charge on any atom is -0.550 e. The van der Waals surface area contributed by atoms with E-state index in [0.29, 0.717) is 12.8 Å². The quantitative estimate of drug-likeness (QED) is 0.218. The molecule has 250 valence electrons. The Balaban J connectivity index is 0.00000520. The maximum atomic E-state index is 13.8. The number of anilines is 1. The molecular formula is C39H46NNaO7. The minimum atomic E-state index is -1.28. The zero-order valence-electron chi connectivity index (χ0n) is 28.7. The van der Waals surface area contributed by atoms with Gasteiger partial charge in [-0.2, -0.15) is 0 Å². The van der Waals surface area contributed by atoms with Crippen LogP contribution in [0.2, 0.25) is 0 Å². The maximum Gasteiger partial charge on any atom is 1.00 e. The van der Waals surface area contributed by atoms with Crippen LogP contribution in [0.4, 0.5) is 5.69 Å². The van der Waals surface area contributed by atoms with Crippen molar-refractivity contribution in [3.63, 3.8) is 0 Å². The predicted octanol–water partition coefficient (Wildman–Crippen LogP) is 3.98. The summed E-state index contributed by atoms with van der Waals surface area (Å²) in [5, 5.41) is 14.1. The number of ether oxygens (including phenoxy) is 3. The van der Waals surface area contributed by atoms with Gasteiger partial charge in [-0.15, -0.1) is 0 Å². The van der Waals surface area contributed by atoms with Crippen LogP contribution in [0.1, 0.15) is 107 Å². The summed E-state index contributed by atoms with van der Waals surface area (Å²) in [7, 11) is 0. The number of carboxylic acids is 1. The molecule has 1 amide bonds. The van der Waals surface area contributed by atoms with Gasteiger partial charge in [0.1, 0.15) is 17.6 Å². The number of aliphatic carboxylic acids is 1. The smallest absolute Gasteiger partial charge is 0.550 e. The van der Waals surface area contributed by atoms with Crippen LogP contribution in [0, 0.1) is 0 Å². The predicted molar refractivity (Wildman–Crippen MR) is 178 cm³/mol. The van der Waals surface area contributed by atoms with E-state index in [0.717, 1.165) is 65.1 Å². The average Bonchev–Trinajstić information content (AvgIpc) is 3.05. The first-order chi connectivity index (χ1) is 22.6. The first kappa shape index (κ1) is 37.6. The molecule has 0 radical (unpaired) electrons. The van der Waals surface area contributed by atoms with Crippen LogP contribution in [-0.2, 0) is 35.7 Å². The van der Waals surface area contributed by atoms with Crippen LogP contribution in [-0.4, -0.2) is 36.7 Å². The molecule has 1 saturated carbocycles. The summed E-state index contributed by atoms with van der Waals surface area (Å²) in [5.41, 5.74) is 4.53. The third kappa shape index (κ3) is 10.4. The number of carbonyl (C=O) groups excluding carboxylic acids is 3. The summed E-state index contributed by atoms with van der Waals surface area (Å²) in [5.74, 6) is -0.555. The standard InChI is InChI=1S/C39H47NO7.Na/c1-39(2,3)32-20-18-26(17-19-28(46-38(44)22-21-37(42)43)25-45-27-11-5-4-6-12-27)23-33(32)40-36(41)24-31-29-13-7-9-15-34(29)47-35-16-10-8-14-30(31)35;/h7-10,13-16,18,20,23,27-28,31H,4-6,11-12,17,19,21-22,24-25H2,1-3H3,(H,40,41)(H,42,43);/q;+1/p-1. The van der Waals surface area contributed by atoms with Crippen molar-refractivity contribution >= 4 is 23.5 Å². The van der Waals surface area contributed by atoms with Crippen molar-refractivity contribution in [2.75, 3.05) is 11.9 Å². The topological polar surface area (TPSA) is 114 Å². The van der Waals surface area contributed by atoms with Gasteiger partial charge in [-0.25, -0.2) is 0 Å². The van der Waals surface area contributed by atoms with Gasteiger partial charge in [0.2, 0.25) is 5.91 Å². The van der Waals surface area contributed by atoms with E-state index in [1.807, 2.05) is 54.6 Å². The molecule has 1 N–H and O–H groups in total. The maximum absolute atomic E-state index is 13.8. The molecule has 3 aromatic rings. The molecule has 1 aliphatic heterocycles. The molecule has 0 bridgehead atoms. The number of amides is 1. The zero-order valence-corrected chi connectivity index (χ0v) is 30.7. The van der Waals surface area contributed by atoms with Gasteiger partial charge in [0, 0.05) is 35.1 Å². The van der Waals surface area contributed by atoms with Crippen LogP contribution in [0.15, 0.2) is 66.7 Å². The van der Waals surface area contributed by atoms with Crippen molar-refractivity contribution < 1.29 is 63.3 Å². The monoisotopic (exact) mass is 663 g/mol. The van der Waals surface area contributed by atoms with Crippen LogP contribution in [0.3, 0.4) is 0 Å². The fourth-order valence-corrected chi connectivity index (χ4v) is 6.55. The number of hydrogen-bond acceptors (Lipinski definition) is 7. The summed E-state index contributed by atoms with van der Waals surface area (Å²) < 4.78 is 18.0. The number of nitrogens with one attached hydrogen (secondary N) is 1. The van der Waals surface area contributed by atoms with Crippen molar-refractivity contribution in [1.82, 2.24) is 0 Å². The number of carboxylic acid groups (broad SMARTS) is 1. The number of benzene rings is 3. The van der Waals surface area contributed by atoms with Crippen LogP contribution in [0.5, 0.6) is 11.5 Å². The van der Waals surface area contributed by atoms with Gasteiger partial charge in [0.15, 0.2) is 0 Å². The Labute approximate surface area is 306 Å². The molecule has 0 saturated heterocycles. The van der Waals surface area contributed by atoms with Crippen molar-refractivity contribution in [1.29, 1.82) is 0 Å². The van der Waals surface area contributed by atoms with E-state index in [2.05, 4.69) is 38.2 Å². The summed E-state index contributed by atoms with van der Waals surface area (Å²) in [6.07, 6.45) is 5.82. The molecule has 1 atom stereocenters. The van der Waals surface area contributed by atoms with Gasteiger partial charge >= 0.3 is 35.5 Å². The van der Waals surface area contributed by atoms with Gasteiger partial charge in [-0.05, 0) is 66.8 Å². The van der Waals surface area contributed by atoms with E-state index in [1.54, 1.807) is 0 Å². The van der Waals surface area contributed by atoms with Gasteiger partial charge in [0.05, 0.1) is 19.1 Å². The second-order valence-electron chi connectivity index (χ2n) is 13.7. The molecule has 0 spiro atoms. The summed E-state index contributed by atoms with van der Waals surface area (Å²) in [6.45, 7) is 6.62. The van der Waals surface area contributed by atoms with Crippen LogP contribution >= 0.6 is 0 Å². The van der Waals surface area contributed by atoms with E-state index < -0.39 is 18.0 Å². The van der Waals surface area contributed by atoms with Gasteiger partial charge in [-0.1, -0.05) is 88.6 Å². The Kier molecular flexibility index (Phi) is 13.7. The van der Waals surface area contributed by atoms with Crippen molar-refractivity contribution in [2.24, 2.45) is 0 Å². The van der Waals surface area contributed by atoms with Crippen molar-refractivity contribution in [3.8, 4) is 11.5 Å². The number of rotatable bonds is 13. The minimum absolute atomic E-state index is 0. The Bertz CT molecular complexity index is 1510. The third-order valence-electron chi connectivity index (χ3n) is 9.02. The number of esters is 1. The van der Waals surface area contributed by atoms with E-state index in [4.69, 9.17) is 14.2 Å². The number of carbonyl (C=O) groups is 3. The largest absolute Gasteiger partial charge is 1.00 e. The molecule has 1 unspecified atom stereocenters. The second kappa shape index (κ2) is 17.5. The van der Waals surface area contributed by atoms with Crippen molar-refractivity contribution in [2.45, 2.75) is 109 Å². The summed E-state index contributed by atoms with van der Waals surface area (Å²) in [6, 6.07) is 21.8. The average molecular weight is 664 g/mol. The Morgan fingerprint density at radius 2 is 1.56 bits per heavy atom. The molecule has 0 aromatic heterocycles. The van der Waals surface area contributed by atoms with E-state index in [1.165, 1.54) is 6.42 Å². The van der Waals surface area contributed by atoms with E-state index >= 15 is 0 Å². The second-order valence-corrected chi connectivity index (χ2v) is 13.7. The molecule has 1 heterocycles. The Morgan fingerprint density at radius 1 is 0.917 bits per heavy atom. The fraction of sp³-hybridized carbons (Fsp3) is 0.462. The van der Waals surface area contributed by atoms with Crippen LogP contribution < -0.4 is 44.7 Å². The Hall–Kier alpha value is -3.17. The van der Waals surface area contributed by atoms with Crippen molar-refractivity contribution in [3.05, 3.63) is 89.0 Å². The third-order valence-corrected chi connectivity index (χ3v) is 9.02. The molecule has 8 nitrogen and oxygen atoms in total. The first-order valence-corrected chi connectivity index (χ1v) is 16.9. The van der Waals surface area contributed by atoms with Gasteiger partial charge in [-0.3, -0.25) is 9.59 Å². The number of fused-ring (bicyclic) bond motifs is 2. The molecule has 5 rings (SSSR count). The zero-order chi connectivity index (χ0) is 33.4. The molecule has 2 aliphatic rings. The number of aryl methyl sites for hydroxylation is 1. The van der Waals surface area contributed by atoms with Crippen LogP contribution in [0.25, 0.3) is 0 Å². The number of hydrogen-bond donors (Lipinski definition) is 1. The number of para-hydroxylation sites is 2. The van der Waals surface area contributed by atoms with E-state index in [9.17, 15) is 19.5 Å². The molecule has 48 heavy (non-hydrogen) atoms. The van der Waals surface area contributed by atoms with Gasteiger partial charge in [0.25, 0.3) is 0 Å². The summed E-state index contributed by atoms with van der Waals surface area (Å²) in [4.78, 5) is 37.1. The van der Waals surface area contributed by atoms with E-state index in [-0.39, 0.29) is 78.8 Å².